The zero-order valence-electron chi connectivity index (χ0n) is 16.3. The highest BCUT2D eigenvalue weighted by Gasteiger charge is 1.95. The van der Waals surface area contributed by atoms with E-state index in [0.717, 1.165) is 0 Å². The van der Waals surface area contributed by atoms with Gasteiger partial charge >= 0.3 is 0 Å². The second-order valence-corrected chi connectivity index (χ2v) is 4.83. The summed E-state index contributed by atoms with van der Waals surface area (Å²) in [6.07, 6.45) is 0. The van der Waals surface area contributed by atoms with Crippen LogP contribution in [0, 0.1) is 6.92 Å². The molecule has 0 bridgehead atoms. The second kappa shape index (κ2) is 22.5. The highest BCUT2D eigenvalue weighted by atomic mass is 16.1. The molecule has 1 aromatic rings. The van der Waals surface area contributed by atoms with E-state index in [1.807, 2.05) is 26.0 Å². The minimum absolute atomic E-state index is 0. The Balaban J connectivity index is -0.0000000800. The van der Waals surface area contributed by atoms with Crippen molar-refractivity contribution in [1.29, 1.82) is 0 Å². The third kappa shape index (κ3) is 37.6. The Morgan fingerprint density at radius 1 is 1.08 bits per heavy atom. The van der Waals surface area contributed by atoms with Crippen molar-refractivity contribution in [3.05, 3.63) is 5.82 Å². The maximum atomic E-state index is 9.70. The van der Waals surface area contributed by atoms with Crippen LogP contribution in [0.5, 0.6) is 0 Å². The van der Waals surface area contributed by atoms with Crippen LogP contribution in [-0.4, -0.2) is 73.9 Å². The first-order valence-corrected chi connectivity index (χ1v) is 7.14. The largest absolute Gasteiger partial charge is 0.388 e. The number of anilines is 2. The number of nitrogens with two attached hydrogens (primary N) is 2. The smallest absolute Gasteiger partial charge is 0.227 e. The van der Waals surface area contributed by atoms with Crippen LogP contribution in [0.25, 0.3) is 0 Å². The molecule has 0 aliphatic rings. The highest BCUT2D eigenvalue weighted by molar-refractivity contribution is 5.77. The summed E-state index contributed by atoms with van der Waals surface area (Å²) in [5.41, 5.74) is 10.4. The number of aryl methyl sites for hydroxylation is 1. The fourth-order valence-corrected chi connectivity index (χ4v) is 0.614. The number of aromatic nitrogens is 3. The molecule has 10 heteroatoms. The lowest BCUT2D eigenvalue weighted by molar-refractivity contribution is -0.118. The first-order chi connectivity index (χ1) is 11.0. The predicted octanol–water partition coefficient (Wildman–Crippen LogP) is 1.000. The molecule has 0 aliphatic carbocycles. The number of amidine groups is 1. The van der Waals surface area contributed by atoms with Gasteiger partial charge in [-0.05, 0) is 35.0 Å². The fraction of sp³-hybridized carbons (Fsp3) is 0.688. The molecule has 1 rings (SSSR count). The third-order valence-corrected chi connectivity index (χ3v) is 1.69. The van der Waals surface area contributed by atoms with Crippen molar-refractivity contribution in [1.82, 2.24) is 25.2 Å². The molecule has 156 valence electrons. The molecule has 0 aromatic carbocycles. The van der Waals surface area contributed by atoms with Gasteiger partial charge in [0.1, 0.15) is 5.82 Å². The zero-order valence-corrected chi connectivity index (χ0v) is 16.3. The summed E-state index contributed by atoms with van der Waals surface area (Å²) in [5, 5.41) is 5.16. The van der Waals surface area contributed by atoms with Crippen LogP contribution in [0.15, 0.2) is 4.99 Å². The van der Waals surface area contributed by atoms with Crippen LogP contribution in [0.2, 0.25) is 0 Å². The van der Waals surface area contributed by atoms with Gasteiger partial charge in [0.25, 0.3) is 0 Å². The average Bonchev–Trinajstić information content (AvgIpc) is 2.46. The van der Waals surface area contributed by atoms with Crippen molar-refractivity contribution in [3.63, 3.8) is 0 Å². The fourth-order valence-electron chi connectivity index (χ4n) is 0.614. The third-order valence-electron chi connectivity index (χ3n) is 1.69. The van der Waals surface area contributed by atoms with E-state index in [1.54, 1.807) is 35.0 Å². The Morgan fingerprint density at radius 3 is 1.62 bits per heavy atom. The van der Waals surface area contributed by atoms with Crippen LogP contribution >= 0.6 is 0 Å². The van der Waals surface area contributed by atoms with Crippen molar-refractivity contribution in [3.8, 4) is 0 Å². The lowest BCUT2D eigenvalue weighted by Crippen LogP contribution is -2.11. The maximum Gasteiger partial charge on any atom is 0.227 e. The molecular formula is C16H41N9O. The summed E-state index contributed by atoms with van der Waals surface area (Å²) in [7, 11) is 11.0. The molecule has 10 nitrogen and oxygen atoms in total. The first-order valence-electron chi connectivity index (χ1n) is 7.14. The molecular weight excluding hydrogens is 334 g/mol. The van der Waals surface area contributed by atoms with Crippen LogP contribution in [-0.2, 0) is 4.79 Å². The van der Waals surface area contributed by atoms with Gasteiger partial charge in [0.05, 0.1) is 5.84 Å². The van der Waals surface area contributed by atoms with Gasteiger partial charge in [-0.3, -0.25) is 9.79 Å². The number of hydrogen-bond donors (Lipinski definition) is 4. The normalized spacial score (nSPS) is 8.62. The van der Waals surface area contributed by atoms with Gasteiger partial charge in [-0.2, -0.15) is 15.0 Å². The zero-order chi connectivity index (χ0) is 19.7. The van der Waals surface area contributed by atoms with E-state index >= 15 is 0 Å². The molecule has 0 aliphatic heterocycles. The van der Waals surface area contributed by atoms with E-state index in [2.05, 4.69) is 30.6 Å². The van der Waals surface area contributed by atoms with E-state index in [4.69, 9.17) is 11.5 Å². The molecule has 1 heterocycles. The summed E-state index contributed by atoms with van der Waals surface area (Å²) < 4.78 is 0. The molecule has 1 aromatic heterocycles. The van der Waals surface area contributed by atoms with Crippen molar-refractivity contribution in [2.24, 2.45) is 10.7 Å². The lowest BCUT2D eigenvalue weighted by Gasteiger charge is -1.98. The Labute approximate surface area is 159 Å². The molecule has 1 amide bonds. The van der Waals surface area contributed by atoms with Gasteiger partial charge in [0.2, 0.25) is 17.8 Å². The second-order valence-electron chi connectivity index (χ2n) is 4.83. The standard InChI is InChI=1S/C5H9N5.C3H8N2.C3H7NO.C3H9N.2CH4/c1-3-8-4(6)10-5(7-2)9-3;1-3(4)5-2;1-3(5)4-2;1-4(2)3;;/h1-2H3,(H3,6,7,8,9,10);1-2H3,(H2,4,5);1-2H3,(H,4,5);1-3H3;2*1H4. The van der Waals surface area contributed by atoms with Crippen molar-refractivity contribution < 1.29 is 4.79 Å². The first kappa shape index (κ1) is 34.8. The molecule has 6 N–H and O–H groups in total. The number of aliphatic imine (C=N–C) groups is 1. The van der Waals surface area contributed by atoms with Gasteiger partial charge in [-0.25, -0.2) is 0 Å². The summed E-state index contributed by atoms with van der Waals surface area (Å²) in [6, 6.07) is 0. The molecule has 0 radical (unpaired) electrons. The summed E-state index contributed by atoms with van der Waals surface area (Å²) in [6.45, 7) is 4.99. The number of nitrogens with one attached hydrogen (secondary N) is 2. The van der Waals surface area contributed by atoms with Gasteiger partial charge < -0.3 is 27.0 Å². The Kier molecular flexibility index (Phi) is 30.1. The SMILES string of the molecule is C.C.CN(C)C.CN=C(C)N.CNC(C)=O.CNc1nc(C)nc(N)n1. The Bertz CT molecular complexity index is 450. The highest BCUT2D eigenvalue weighted by Crippen LogP contribution is 1.98. The van der Waals surface area contributed by atoms with Crippen LogP contribution in [0.4, 0.5) is 11.9 Å². The van der Waals surface area contributed by atoms with E-state index in [0.29, 0.717) is 17.6 Å². The van der Waals surface area contributed by atoms with Gasteiger partial charge in [0, 0.05) is 28.1 Å². The number of hydrogen-bond acceptors (Lipinski definition) is 8. The van der Waals surface area contributed by atoms with Crippen molar-refractivity contribution in [2.75, 3.05) is 53.3 Å². The van der Waals surface area contributed by atoms with Crippen molar-refractivity contribution >= 4 is 23.6 Å². The van der Waals surface area contributed by atoms with Gasteiger partial charge in [0.15, 0.2) is 0 Å². The summed E-state index contributed by atoms with van der Waals surface area (Å²) in [5.74, 6) is 2.01. The van der Waals surface area contributed by atoms with Crippen LogP contribution < -0.4 is 22.1 Å². The molecule has 26 heavy (non-hydrogen) atoms. The summed E-state index contributed by atoms with van der Waals surface area (Å²) >= 11 is 0. The number of amides is 1. The molecule has 0 atom stereocenters. The minimum atomic E-state index is 0. The monoisotopic (exact) mass is 375 g/mol. The molecule has 0 unspecified atom stereocenters. The topological polar surface area (TPSA) is 147 Å². The number of carbonyl (C=O) groups is 1. The number of nitrogen functional groups attached to an aromatic ring is 1. The molecule has 0 saturated heterocycles. The van der Waals surface area contributed by atoms with Gasteiger partial charge in [-0.1, -0.05) is 14.9 Å². The molecule has 0 saturated carbocycles. The van der Waals surface area contributed by atoms with E-state index in [9.17, 15) is 4.79 Å². The summed E-state index contributed by atoms with van der Waals surface area (Å²) in [4.78, 5) is 26.8. The van der Waals surface area contributed by atoms with Crippen LogP contribution in [0.3, 0.4) is 0 Å². The van der Waals surface area contributed by atoms with Crippen molar-refractivity contribution in [2.45, 2.75) is 35.6 Å². The van der Waals surface area contributed by atoms with Gasteiger partial charge in [-0.15, -0.1) is 0 Å². The molecule has 0 spiro atoms. The lowest BCUT2D eigenvalue weighted by atomic mass is 10.7. The number of carbonyl (C=O) groups excluding carboxylic acids is 1. The molecule has 0 fully saturated rings. The minimum Gasteiger partial charge on any atom is -0.388 e. The Hall–Kier alpha value is -2.49. The number of rotatable bonds is 1. The van der Waals surface area contributed by atoms with Crippen LogP contribution in [0.1, 0.15) is 34.5 Å². The van der Waals surface area contributed by atoms with E-state index in [-0.39, 0.29) is 26.7 Å². The van der Waals surface area contributed by atoms with E-state index < -0.39 is 0 Å². The maximum absolute atomic E-state index is 9.70. The average molecular weight is 376 g/mol. The number of nitrogens with zero attached hydrogens (tertiary/aromatic N) is 5. The Morgan fingerprint density at radius 2 is 1.42 bits per heavy atom. The van der Waals surface area contributed by atoms with E-state index in [1.165, 1.54) is 6.92 Å². The predicted molar refractivity (Wildman–Crippen MR) is 115 cm³/mol. The quantitative estimate of drug-likeness (QED) is 0.420.